The maximum absolute atomic E-state index is 12.8. The third-order valence-electron chi connectivity index (χ3n) is 8.17. The lowest BCUT2D eigenvalue weighted by Gasteiger charge is -2.20. The molecule has 3 heterocycles. The molecule has 0 spiro atoms. The van der Waals surface area contributed by atoms with Crippen LogP contribution in [0.1, 0.15) is 52.4 Å². The highest BCUT2D eigenvalue weighted by molar-refractivity contribution is 6.36. The van der Waals surface area contributed by atoms with Gasteiger partial charge in [-0.2, -0.15) is 5.10 Å². The van der Waals surface area contributed by atoms with Crippen LogP contribution in [0, 0.1) is 6.92 Å². The largest absolute Gasteiger partial charge is 0.481 e. The predicted molar refractivity (Wildman–Crippen MR) is 164 cm³/mol. The summed E-state index contributed by atoms with van der Waals surface area (Å²) in [6.07, 6.45) is 4.56. The minimum absolute atomic E-state index is 0.0285. The number of pyridine rings is 1. The van der Waals surface area contributed by atoms with Gasteiger partial charge in [0.1, 0.15) is 5.56 Å². The maximum atomic E-state index is 12.8. The molecule has 2 atom stereocenters. The number of carbonyl (C=O) groups is 2. The van der Waals surface area contributed by atoms with Gasteiger partial charge in [-0.3, -0.25) is 14.4 Å². The number of halogens is 1. The minimum atomic E-state index is -0.564. The Morgan fingerprint density at radius 1 is 1.07 bits per heavy atom. The summed E-state index contributed by atoms with van der Waals surface area (Å²) in [5, 5.41) is 15.9. The number of H-pyrrole nitrogens is 1. The molecule has 2 unspecified atom stereocenters. The number of rotatable bonds is 8. The summed E-state index contributed by atoms with van der Waals surface area (Å²) in [5.41, 5.74) is 6.08. The van der Waals surface area contributed by atoms with E-state index in [0.717, 1.165) is 52.6 Å². The number of benzene rings is 2. The smallest absolute Gasteiger partial charge is 0.277 e. The highest BCUT2D eigenvalue weighted by atomic mass is 35.5. The Hall–Kier alpha value is -4.54. The second-order valence-electron chi connectivity index (χ2n) is 10.8. The van der Waals surface area contributed by atoms with E-state index in [-0.39, 0.29) is 23.6 Å². The first kappa shape index (κ1) is 28.6. The zero-order valence-electron chi connectivity index (χ0n) is 23.8. The number of aryl methyl sites for hydroxylation is 1. The van der Waals surface area contributed by atoms with Crippen LogP contribution in [0.4, 0.5) is 5.69 Å². The molecule has 1 aliphatic carbocycles. The molecule has 1 aliphatic heterocycles. The molecule has 2 aromatic heterocycles. The van der Waals surface area contributed by atoms with Crippen molar-refractivity contribution in [1.29, 1.82) is 0 Å². The molecule has 1 saturated heterocycles. The molecule has 0 radical (unpaired) electrons. The lowest BCUT2D eigenvalue weighted by atomic mass is 9.96. The molecule has 220 valence electrons. The number of aromatic amines is 1. The van der Waals surface area contributed by atoms with Crippen LogP contribution in [0.2, 0.25) is 5.02 Å². The van der Waals surface area contributed by atoms with Gasteiger partial charge in [0, 0.05) is 53.6 Å². The quantitative estimate of drug-likeness (QED) is 0.233. The van der Waals surface area contributed by atoms with Gasteiger partial charge in [-0.25, -0.2) is 10.1 Å². The highest BCUT2D eigenvalue weighted by Gasteiger charge is 2.30. The average Bonchev–Trinajstić information content (AvgIpc) is 3.62. The van der Waals surface area contributed by atoms with Crippen LogP contribution in [0.5, 0.6) is 5.88 Å². The normalized spacial score (nSPS) is 17.4. The number of aromatic nitrogens is 3. The predicted octanol–water partition coefficient (Wildman–Crippen LogP) is 4.58. The first-order chi connectivity index (χ1) is 20.8. The van der Waals surface area contributed by atoms with Gasteiger partial charge in [0.05, 0.1) is 17.8 Å². The first-order valence-corrected chi connectivity index (χ1v) is 14.6. The van der Waals surface area contributed by atoms with E-state index in [2.05, 4.69) is 32.2 Å². The number of fused-ring (bicyclic) bond motifs is 1. The Labute approximate surface area is 253 Å². The lowest BCUT2D eigenvalue weighted by Crippen LogP contribution is -2.36. The molecule has 10 nitrogen and oxygen atoms in total. The summed E-state index contributed by atoms with van der Waals surface area (Å²) in [4.78, 5) is 41.3. The third-order valence-corrected chi connectivity index (χ3v) is 8.57. The van der Waals surface area contributed by atoms with Crippen LogP contribution in [0.15, 0.2) is 59.5 Å². The van der Waals surface area contributed by atoms with Crippen molar-refractivity contribution in [2.24, 2.45) is 0 Å². The van der Waals surface area contributed by atoms with Crippen molar-refractivity contribution < 1.29 is 14.3 Å². The summed E-state index contributed by atoms with van der Waals surface area (Å²) in [6.45, 7) is 2.60. The second kappa shape index (κ2) is 12.0. The van der Waals surface area contributed by atoms with E-state index >= 15 is 0 Å². The van der Waals surface area contributed by atoms with E-state index in [0.29, 0.717) is 35.2 Å². The molecule has 43 heavy (non-hydrogen) atoms. The molecule has 0 bridgehead atoms. The number of nitrogens with zero attached hydrogens (tertiary/aromatic N) is 2. The lowest BCUT2D eigenvalue weighted by molar-refractivity contribution is -0.119. The van der Waals surface area contributed by atoms with Crippen molar-refractivity contribution in [3.63, 3.8) is 0 Å². The van der Waals surface area contributed by atoms with Crippen molar-refractivity contribution in [2.75, 3.05) is 19.0 Å². The number of nitrogens with one attached hydrogen (secondary N) is 4. The number of hydrogen-bond donors (Lipinski definition) is 4. The Balaban J connectivity index is 1.29. The van der Waals surface area contributed by atoms with E-state index in [4.69, 9.17) is 21.3 Å². The van der Waals surface area contributed by atoms with E-state index in [1.807, 2.05) is 37.3 Å². The van der Waals surface area contributed by atoms with Crippen molar-refractivity contribution >= 4 is 29.1 Å². The number of hydrogen-bond acceptors (Lipinski definition) is 7. The first-order valence-electron chi connectivity index (χ1n) is 14.2. The van der Waals surface area contributed by atoms with Gasteiger partial charge in [0.15, 0.2) is 0 Å². The van der Waals surface area contributed by atoms with Crippen LogP contribution < -0.4 is 26.2 Å². The van der Waals surface area contributed by atoms with Crippen LogP contribution in [0.25, 0.3) is 22.4 Å². The molecule has 0 saturated carbocycles. The molecule has 4 N–H and O–H groups in total. The standard InChI is InChI=1S/C32H31ClN6O4/c1-17-20(5-4-8-24(17)37-30(41)23-13-14-35-39-31(23)42)21-6-3-7-22(29(21)33)26-15-18-9-11-25(28(18)32(38-26)43-2)34-16-19-10-12-27(40)36-19/h3-8,13-15,19,25,34H,9-12,16H2,1-2H3,(H,36,40)(H,37,41)(H,39,42). The monoisotopic (exact) mass is 598 g/mol. The summed E-state index contributed by atoms with van der Waals surface area (Å²) in [7, 11) is 1.62. The maximum Gasteiger partial charge on any atom is 0.277 e. The molecule has 4 aromatic rings. The van der Waals surface area contributed by atoms with Crippen molar-refractivity contribution in [3.05, 3.63) is 92.4 Å². The average molecular weight is 599 g/mol. The van der Waals surface area contributed by atoms with Crippen LogP contribution in [-0.2, 0) is 11.2 Å². The van der Waals surface area contributed by atoms with Gasteiger partial charge in [-0.05, 0) is 61.1 Å². The van der Waals surface area contributed by atoms with Gasteiger partial charge < -0.3 is 20.7 Å². The zero-order valence-corrected chi connectivity index (χ0v) is 24.5. The number of carbonyl (C=O) groups excluding carboxylic acids is 2. The Morgan fingerprint density at radius 3 is 2.63 bits per heavy atom. The van der Waals surface area contributed by atoms with Crippen LogP contribution >= 0.6 is 11.6 Å². The highest BCUT2D eigenvalue weighted by Crippen LogP contribution is 2.43. The van der Waals surface area contributed by atoms with Crippen molar-refractivity contribution in [3.8, 4) is 28.3 Å². The number of methoxy groups -OCH3 is 1. The van der Waals surface area contributed by atoms with E-state index in [9.17, 15) is 14.4 Å². The van der Waals surface area contributed by atoms with Gasteiger partial charge >= 0.3 is 0 Å². The molecular formula is C32H31ClN6O4. The molecule has 2 amide bonds. The summed E-state index contributed by atoms with van der Waals surface area (Å²) >= 11 is 7.07. The van der Waals surface area contributed by atoms with Gasteiger partial charge in [-0.1, -0.05) is 41.9 Å². The summed E-state index contributed by atoms with van der Waals surface area (Å²) in [6, 6.07) is 15.0. The van der Waals surface area contributed by atoms with Gasteiger partial charge in [0.25, 0.3) is 11.5 Å². The Bertz CT molecular complexity index is 1790. The molecule has 6 rings (SSSR count). The van der Waals surface area contributed by atoms with Crippen molar-refractivity contribution in [2.45, 2.75) is 44.7 Å². The Kier molecular flexibility index (Phi) is 7.96. The SMILES string of the molecule is COc1nc(-c2cccc(-c3cccc(NC(=O)c4ccn[nH]c4=O)c3C)c2Cl)cc2c1C(NCC1CCC(=O)N1)CC2. The fraction of sp³-hybridized carbons (Fsp3) is 0.281. The van der Waals surface area contributed by atoms with Crippen molar-refractivity contribution in [1.82, 2.24) is 25.8 Å². The van der Waals surface area contributed by atoms with E-state index < -0.39 is 11.5 Å². The summed E-state index contributed by atoms with van der Waals surface area (Å²) < 4.78 is 5.78. The topological polar surface area (TPSA) is 138 Å². The van der Waals surface area contributed by atoms with Gasteiger partial charge in [-0.15, -0.1) is 0 Å². The van der Waals surface area contributed by atoms with Crippen LogP contribution in [0.3, 0.4) is 0 Å². The third kappa shape index (κ3) is 5.63. The van der Waals surface area contributed by atoms with Gasteiger partial charge in [0.2, 0.25) is 11.8 Å². The molecule has 2 aliphatic rings. The minimum Gasteiger partial charge on any atom is -0.481 e. The molecule has 1 fully saturated rings. The molecule has 11 heteroatoms. The van der Waals surface area contributed by atoms with E-state index in [1.165, 1.54) is 12.3 Å². The van der Waals surface area contributed by atoms with Crippen LogP contribution in [-0.4, -0.2) is 46.7 Å². The molecule has 2 aromatic carbocycles. The van der Waals surface area contributed by atoms with E-state index in [1.54, 1.807) is 13.2 Å². The zero-order chi connectivity index (χ0) is 30.1. The summed E-state index contributed by atoms with van der Waals surface area (Å²) in [5.74, 6) is 0.139. The second-order valence-corrected chi connectivity index (χ2v) is 11.2. The molecular weight excluding hydrogens is 568 g/mol. The number of amides is 2. The fourth-order valence-electron chi connectivity index (χ4n) is 5.93. The number of ether oxygens (including phenoxy) is 1. The number of anilines is 1. The Morgan fingerprint density at radius 2 is 1.86 bits per heavy atom. The fourth-order valence-corrected chi connectivity index (χ4v) is 6.26.